The Balaban J connectivity index is 0. The maximum Gasteiger partial charge on any atom is 0.407 e. The summed E-state index contributed by atoms with van der Waals surface area (Å²) in [6.07, 6.45) is 3.90. The highest BCUT2D eigenvalue weighted by molar-refractivity contribution is 6.46. The summed E-state index contributed by atoms with van der Waals surface area (Å²) >= 11 is 0. The highest BCUT2D eigenvalue weighted by Crippen LogP contribution is 1.99. The number of nitrogens with zero attached hydrogens (tertiary/aromatic N) is 1. The largest absolute Gasteiger partial charge is 0.794 e. The molecule has 0 aliphatic carbocycles. The molecular formula is C10H27NO4Si. The Morgan fingerprint density at radius 1 is 1.06 bits per heavy atom. The van der Waals surface area contributed by atoms with Gasteiger partial charge in [-0.1, -0.05) is 26.2 Å². The second-order valence-corrected chi connectivity index (χ2v) is 6.53. The predicted octanol–water partition coefficient (Wildman–Crippen LogP) is -0.314. The summed E-state index contributed by atoms with van der Waals surface area (Å²) in [6, 6.07) is 0. The van der Waals surface area contributed by atoms with Crippen LogP contribution >= 0.6 is 0 Å². The first-order valence-electron chi connectivity index (χ1n) is 5.64. The molecule has 0 saturated heterocycles. The van der Waals surface area contributed by atoms with Crippen LogP contribution < -0.4 is 4.80 Å². The zero-order valence-electron chi connectivity index (χ0n) is 11.2. The number of hydrogen-bond donors (Lipinski definition) is 2. The van der Waals surface area contributed by atoms with Gasteiger partial charge < -0.3 is 23.3 Å². The molecule has 0 unspecified atom stereocenters. The Hall–Kier alpha value is 0.0169. The summed E-state index contributed by atoms with van der Waals surface area (Å²) in [6.45, 7) is 2.24. The lowest BCUT2D eigenvalue weighted by Crippen LogP contribution is -2.53. The van der Waals surface area contributed by atoms with E-state index < -0.39 is 9.05 Å². The van der Waals surface area contributed by atoms with E-state index in [1.165, 1.54) is 0 Å². The van der Waals surface area contributed by atoms with Crippen LogP contribution in [0.15, 0.2) is 0 Å². The summed E-state index contributed by atoms with van der Waals surface area (Å²) in [7, 11) is 4.03. The molecule has 16 heavy (non-hydrogen) atoms. The average molecular weight is 253 g/mol. The van der Waals surface area contributed by atoms with Gasteiger partial charge in [-0.3, -0.25) is 0 Å². The van der Waals surface area contributed by atoms with Crippen molar-refractivity contribution in [1.29, 1.82) is 0 Å². The van der Waals surface area contributed by atoms with Crippen LogP contribution in [0, 0.1) is 0 Å². The molecule has 0 fully saturated rings. The van der Waals surface area contributed by atoms with Crippen molar-refractivity contribution >= 4 is 9.05 Å². The molecule has 0 aromatic rings. The van der Waals surface area contributed by atoms with Gasteiger partial charge >= 0.3 is 9.05 Å². The molecule has 5 nitrogen and oxygen atoms in total. The van der Waals surface area contributed by atoms with Crippen LogP contribution in [0.4, 0.5) is 0 Å². The van der Waals surface area contributed by atoms with E-state index in [2.05, 4.69) is 39.5 Å². The summed E-state index contributed by atoms with van der Waals surface area (Å²) in [5, 5.41) is 0. The summed E-state index contributed by atoms with van der Waals surface area (Å²) in [4.78, 5) is 26.7. The SMILES string of the molecule is CCCCCCO[Si]([O-])(O)O.C[N+](C)(C)C. The molecule has 0 amide bonds. The molecule has 0 aromatic carbocycles. The molecule has 0 aliphatic heterocycles. The summed E-state index contributed by atoms with van der Waals surface area (Å²) in [5.41, 5.74) is 0. The number of unbranched alkanes of at least 4 members (excludes halogenated alkanes) is 3. The smallest absolute Gasteiger partial charge is 0.407 e. The first-order chi connectivity index (χ1) is 7.06. The van der Waals surface area contributed by atoms with E-state index in [9.17, 15) is 4.80 Å². The first-order valence-corrected chi connectivity index (χ1v) is 7.35. The van der Waals surface area contributed by atoms with E-state index in [0.717, 1.165) is 30.2 Å². The van der Waals surface area contributed by atoms with Crippen molar-refractivity contribution in [3.8, 4) is 0 Å². The molecular weight excluding hydrogens is 226 g/mol. The Bertz CT molecular complexity index is 148. The first kappa shape index (κ1) is 18.4. The van der Waals surface area contributed by atoms with Crippen molar-refractivity contribution < 1.29 is 23.3 Å². The molecule has 100 valence electrons. The van der Waals surface area contributed by atoms with Gasteiger partial charge in [0, 0.05) is 6.61 Å². The minimum absolute atomic E-state index is 0.169. The normalized spacial score (nSPS) is 12.0. The molecule has 6 heteroatoms. The quantitative estimate of drug-likeness (QED) is 0.387. The van der Waals surface area contributed by atoms with Gasteiger partial charge in [0.1, 0.15) is 0 Å². The fourth-order valence-electron chi connectivity index (χ4n) is 0.734. The van der Waals surface area contributed by atoms with Gasteiger partial charge in [0.05, 0.1) is 28.2 Å². The van der Waals surface area contributed by atoms with Crippen LogP contribution in [0.25, 0.3) is 0 Å². The second-order valence-electron chi connectivity index (χ2n) is 5.14. The van der Waals surface area contributed by atoms with Crippen LogP contribution in [0.1, 0.15) is 32.6 Å². The Morgan fingerprint density at radius 3 is 1.81 bits per heavy atom. The summed E-state index contributed by atoms with van der Waals surface area (Å²) in [5.74, 6) is 0. The zero-order chi connectivity index (χ0) is 13.2. The van der Waals surface area contributed by atoms with Crippen molar-refractivity contribution in [2.75, 3.05) is 34.8 Å². The Kier molecular flexibility index (Phi) is 10.4. The molecule has 0 aliphatic rings. The van der Waals surface area contributed by atoms with Crippen molar-refractivity contribution in [3.63, 3.8) is 0 Å². The molecule has 0 rings (SSSR count). The fraction of sp³-hybridized carbons (Fsp3) is 1.00. The maximum atomic E-state index is 10.2. The molecule has 0 bridgehead atoms. The lowest BCUT2D eigenvalue weighted by Gasteiger charge is -2.22. The Morgan fingerprint density at radius 2 is 1.50 bits per heavy atom. The van der Waals surface area contributed by atoms with Gasteiger partial charge in [0.2, 0.25) is 0 Å². The fourth-order valence-corrected chi connectivity index (χ4v) is 1.14. The Labute approximate surface area is 100 Å². The van der Waals surface area contributed by atoms with Crippen LogP contribution in [-0.2, 0) is 4.43 Å². The number of rotatable bonds is 6. The van der Waals surface area contributed by atoms with Crippen LogP contribution in [0.2, 0.25) is 0 Å². The predicted molar refractivity (Wildman–Crippen MR) is 64.2 cm³/mol. The molecule has 0 atom stereocenters. The number of hydrogen-bond acceptors (Lipinski definition) is 4. The van der Waals surface area contributed by atoms with E-state index in [1.54, 1.807) is 0 Å². The molecule has 0 radical (unpaired) electrons. The molecule has 0 heterocycles. The van der Waals surface area contributed by atoms with Gasteiger partial charge in [0.15, 0.2) is 0 Å². The molecule has 0 spiro atoms. The third-order valence-electron chi connectivity index (χ3n) is 1.29. The van der Waals surface area contributed by atoms with Crippen molar-refractivity contribution in [3.05, 3.63) is 0 Å². The van der Waals surface area contributed by atoms with Gasteiger partial charge in [-0.05, 0) is 6.42 Å². The highest BCUT2D eigenvalue weighted by atomic mass is 28.4. The molecule has 0 saturated carbocycles. The third-order valence-corrected chi connectivity index (χ3v) is 1.87. The lowest BCUT2D eigenvalue weighted by molar-refractivity contribution is -0.849. The minimum atomic E-state index is -4.47. The van der Waals surface area contributed by atoms with E-state index in [1.807, 2.05) is 0 Å². The van der Waals surface area contributed by atoms with Crippen molar-refractivity contribution in [2.24, 2.45) is 0 Å². The zero-order valence-corrected chi connectivity index (χ0v) is 12.2. The van der Waals surface area contributed by atoms with Gasteiger partial charge in [-0.15, -0.1) is 0 Å². The minimum Gasteiger partial charge on any atom is -0.794 e. The van der Waals surface area contributed by atoms with E-state index in [4.69, 9.17) is 9.59 Å². The maximum absolute atomic E-state index is 10.2. The van der Waals surface area contributed by atoms with E-state index >= 15 is 0 Å². The van der Waals surface area contributed by atoms with Gasteiger partial charge in [-0.25, -0.2) is 0 Å². The lowest BCUT2D eigenvalue weighted by atomic mass is 10.2. The third kappa shape index (κ3) is 37.0. The van der Waals surface area contributed by atoms with Crippen molar-refractivity contribution in [1.82, 2.24) is 0 Å². The van der Waals surface area contributed by atoms with Crippen molar-refractivity contribution in [2.45, 2.75) is 32.6 Å². The van der Waals surface area contributed by atoms with Gasteiger partial charge in [0.25, 0.3) is 0 Å². The van der Waals surface area contributed by atoms with E-state index in [0.29, 0.717) is 0 Å². The highest BCUT2D eigenvalue weighted by Gasteiger charge is 2.11. The standard InChI is InChI=1S/C6H15O4Si.C4H12N/c1-2-3-4-5-6-10-11(7,8)9;1-5(2,3)4/h7-8H,2-6H2,1H3;1-4H3/q-1;+1. The van der Waals surface area contributed by atoms with Gasteiger partial charge in [-0.2, -0.15) is 0 Å². The van der Waals surface area contributed by atoms with Crippen LogP contribution in [0.5, 0.6) is 0 Å². The topological polar surface area (TPSA) is 72.8 Å². The van der Waals surface area contributed by atoms with Crippen LogP contribution in [-0.4, -0.2) is 57.9 Å². The number of quaternary nitrogens is 1. The average Bonchev–Trinajstić information content (AvgIpc) is 1.98. The second kappa shape index (κ2) is 9.09. The summed E-state index contributed by atoms with van der Waals surface area (Å²) < 4.78 is 5.27. The van der Waals surface area contributed by atoms with Crippen LogP contribution in [0.3, 0.4) is 0 Å². The molecule has 0 aromatic heterocycles. The van der Waals surface area contributed by atoms with E-state index in [-0.39, 0.29) is 6.61 Å². The molecule has 2 N–H and O–H groups in total. The monoisotopic (exact) mass is 253 g/mol.